The van der Waals surface area contributed by atoms with Crippen LogP contribution in [-0.2, 0) is 10.0 Å². The zero-order chi connectivity index (χ0) is 12.3. The van der Waals surface area contributed by atoms with Crippen molar-refractivity contribution in [2.45, 2.75) is 23.6 Å². The number of nitrogens with one attached hydrogen (secondary N) is 1. The Hall–Kier alpha value is 0.340. The van der Waals surface area contributed by atoms with Crippen LogP contribution in [-0.4, -0.2) is 26.2 Å². The molecule has 8 heteroatoms. The van der Waals surface area contributed by atoms with Crippen molar-refractivity contribution in [3.8, 4) is 0 Å². The van der Waals surface area contributed by atoms with Gasteiger partial charge in [0.05, 0.1) is 15.4 Å². The SMILES string of the molecule is CC[C@H](CO)NS(=O)(=O)c1cc(Cl)c(Br)s1. The number of halogens is 2. The Balaban J connectivity index is 2.94. The molecule has 1 aromatic heterocycles. The summed E-state index contributed by atoms with van der Waals surface area (Å²) in [5.74, 6) is 0. The van der Waals surface area contributed by atoms with Gasteiger partial charge in [0.15, 0.2) is 0 Å². The summed E-state index contributed by atoms with van der Waals surface area (Å²) in [4.78, 5) is 0. The zero-order valence-electron chi connectivity index (χ0n) is 8.41. The maximum absolute atomic E-state index is 11.8. The highest BCUT2D eigenvalue weighted by Crippen LogP contribution is 2.34. The Morgan fingerprint density at radius 1 is 1.69 bits per heavy atom. The number of rotatable bonds is 5. The normalized spacial score (nSPS) is 14.0. The summed E-state index contributed by atoms with van der Waals surface area (Å²) in [7, 11) is -3.59. The summed E-state index contributed by atoms with van der Waals surface area (Å²) in [5.41, 5.74) is 0. The monoisotopic (exact) mass is 347 g/mol. The summed E-state index contributed by atoms with van der Waals surface area (Å²) in [6.45, 7) is 1.57. The van der Waals surface area contributed by atoms with Gasteiger partial charge in [0, 0.05) is 6.04 Å². The molecule has 0 unspecified atom stereocenters. The third-order valence-corrected chi connectivity index (χ3v) is 6.39. The van der Waals surface area contributed by atoms with E-state index < -0.39 is 16.1 Å². The molecule has 1 heterocycles. The molecule has 2 N–H and O–H groups in total. The Labute approximate surface area is 112 Å². The molecule has 0 bridgehead atoms. The van der Waals surface area contributed by atoms with Crippen LogP contribution >= 0.6 is 38.9 Å². The van der Waals surface area contributed by atoms with Gasteiger partial charge in [0.25, 0.3) is 0 Å². The lowest BCUT2D eigenvalue weighted by Crippen LogP contribution is -2.36. The maximum atomic E-state index is 11.8. The summed E-state index contributed by atoms with van der Waals surface area (Å²) in [6, 6.07) is 0.910. The van der Waals surface area contributed by atoms with Crippen molar-refractivity contribution < 1.29 is 13.5 Å². The lowest BCUT2D eigenvalue weighted by atomic mass is 10.3. The molecular formula is C8H11BrClNO3S2. The van der Waals surface area contributed by atoms with Gasteiger partial charge in [-0.25, -0.2) is 13.1 Å². The average Bonchev–Trinajstić information content (AvgIpc) is 2.56. The number of thiophene rings is 1. The van der Waals surface area contributed by atoms with Crippen LogP contribution in [0.4, 0.5) is 0 Å². The fourth-order valence-electron chi connectivity index (χ4n) is 0.986. The van der Waals surface area contributed by atoms with Gasteiger partial charge >= 0.3 is 0 Å². The van der Waals surface area contributed by atoms with Gasteiger partial charge in [-0.3, -0.25) is 0 Å². The molecule has 0 spiro atoms. The Morgan fingerprint density at radius 3 is 2.69 bits per heavy atom. The van der Waals surface area contributed by atoms with Crippen molar-refractivity contribution in [3.05, 3.63) is 14.9 Å². The lowest BCUT2D eigenvalue weighted by Gasteiger charge is -2.12. The van der Waals surface area contributed by atoms with E-state index in [1.54, 1.807) is 6.92 Å². The largest absolute Gasteiger partial charge is 0.395 e. The molecule has 0 aliphatic rings. The fraction of sp³-hybridized carbons (Fsp3) is 0.500. The molecule has 0 saturated heterocycles. The number of aliphatic hydroxyl groups is 1. The number of aliphatic hydroxyl groups excluding tert-OH is 1. The molecule has 0 amide bonds. The van der Waals surface area contributed by atoms with E-state index >= 15 is 0 Å². The molecule has 16 heavy (non-hydrogen) atoms. The van der Waals surface area contributed by atoms with Crippen LogP contribution in [0.3, 0.4) is 0 Å². The van der Waals surface area contributed by atoms with Crippen LogP contribution in [0.5, 0.6) is 0 Å². The van der Waals surface area contributed by atoms with Crippen LogP contribution in [0.1, 0.15) is 13.3 Å². The van der Waals surface area contributed by atoms with Crippen molar-refractivity contribution in [1.82, 2.24) is 4.72 Å². The van der Waals surface area contributed by atoms with Gasteiger partial charge in [-0.2, -0.15) is 0 Å². The van der Waals surface area contributed by atoms with Gasteiger partial charge in [-0.1, -0.05) is 18.5 Å². The molecular weight excluding hydrogens is 338 g/mol. The third-order valence-electron chi connectivity index (χ3n) is 1.92. The lowest BCUT2D eigenvalue weighted by molar-refractivity contribution is 0.254. The molecule has 0 radical (unpaired) electrons. The van der Waals surface area contributed by atoms with Gasteiger partial charge in [-0.15, -0.1) is 11.3 Å². The van der Waals surface area contributed by atoms with E-state index in [9.17, 15) is 8.42 Å². The number of hydrogen-bond acceptors (Lipinski definition) is 4. The predicted molar refractivity (Wildman–Crippen MR) is 68.5 cm³/mol. The highest BCUT2D eigenvalue weighted by atomic mass is 79.9. The minimum atomic E-state index is -3.59. The molecule has 0 aliphatic carbocycles. The van der Waals surface area contributed by atoms with Crippen molar-refractivity contribution in [1.29, 1.82) is 0 Å². The molecule has 1 atom stereocenters. The van der Waals surface area contributed by atoms with Crippen molar-refractivity contribution in [2.24, 2.45) is 0 Å². The summed E-state index contributed by atoms with van der Waals surface area (Å²) >= 11 is 9.95. The molecule has 0 saturated carbocycles. The first-order chi connectivity index (χ1) is 7.40. The van der Waals surface area contributed by atoms with Crippen LogP contribution < -0.4 is 4.72 Å². The van der Waals surface area contributed by atoms with Gasteiger partial charge in [0.1, 0.15) is 4.21 Å². The molecule has 92 valence electrons. The Kier molecular flexibility index (Phi) is 5.21. The first-order valence-electron chi connectivity index (χ1n) is 4.48. The second kappa shape index (κ2) is 5.79. The quantitative estimate of drug-likeness (QED) is 0.857. The third kappa shape index (κ3) is 3.41. The highest BCUT2D eigenvalue weighted by Gasteiger charge is 2.21. The molecule has 0 aromatic carbocycles. The van der Waals surface area contributed by atoms with E-state index in [0.717, 1.165) is 11.3 Å². The van der Waals surface area contributed by atoms with Gasteiger partial charge < -0.3 is 5.11 Å². The van der Waals surface area contributed by atoms with E-state index in [4.69, 9.17) is 16.7 Å². The van der Waals surface area contributed by atoms with Gasteiger partial charge in [-0.05, 0) is 28.4 Å². The van der Waals surface area contributed by atoms with Crippen molar-refractivity contribution >= 4 is 48.9 Å². The second-order valence-electron chi connectivity index (χ2n) is 3.10. The topological polar surface area (TPSA) is 66.4 Å². The molecule has 4 nitrogen and oxygen atoms in total. The molecule has 0 aliphatic heterocycles. The highest BCUT2D eigenvalue weighted by molar-refractivity contribution is 9.11. The van der Waals surface area contributed by atoms with E-state index in [2.05, 4.69) is 20.7 Å². The van der Waals surface area contributed by atoms with E-state index in [-0.39, 0.29) is 10.8 Å². The van der Waals surface area contributed by atoms with Crippen molar-refractivity contribution in [2.75, 3.05) is 6.61 Å². The van der Waals surface area contributed by atoms with E-state index in [0.29, 0.717) is 15.2 Å². The van der Waals surface area contributed by atoms with E-state index in [1.807, 2.05) is 0 Å². The predicted octanol–water partition coefficient (Wildman–Crippen LogP) is 2.21. The molecule has 0 fully saturated rings. The standard InChI is InChI=1S/C8H11BrClNO3S2/c1-2-5(4-12)11-16(13,14)7-3-6(10)8(9)15-7/h3,5,11-12H,2,4H2,1H3/t5-/m1/s1. The van der Waals surface area contributed by atoms with E-state index in [1.165, 1.54) is 6.07 Å². The summed E-state index contributed by atoms with van der Waals surface area (Å²) < 4.78 is 26.8. The average molecular weight is 349 g/mol. The Bertz CT molecular complexity index is 436. The van der Waals surface area contributed by atoms with Gasteiger partial charge in [0.2, 0.25) is 10.0 Å². The summed E-state index contributed by atoms with van der Waals surface area (Å²) in [6.07, 6.45) is 0.524. The minimum absolute atomic E-state index is 0.135. The van der Waals surface area contributed by atoms with Crippen molar-refractivity contribution in [3.63, 3.8) is 0 Å². The first kappa shape index (κ1) is 14.4. The fourth-order valence-corrected chi connectivity index (χ4v) is 4.71. The van der Waals surface area contributed by atoms with Crippen LogP contribution in [0, 0.1) is 0 Å². The zero-order valence-corrected chi connectivity index (χ0v) is 12.4. The second-order valence-corrected chi connectivity index (χ2v) is 7.81. The molecule has 1 aromatic rings. The maximum Gasteiger partial charge on any atom is 0.250 e. The number of hydrogen-bond donors (Lipinski definition) is 2. The smallest absolute Gasteiger partial charge is 0.250 e. The van der Waals surface area contributed by atoms with Crippen LogP contribution in [0.15, 0.2) is 14.1 Å². The number of sulfonamides is 1. The van der Waals surface area contributed by atoms with Crippen LogP contribution in [0.25, 0.3) is 0 Å². The minimum Gasteiger partial charge on any atom is -0.395 e. The Morgan fingerprint density at radius 2 is 2.31 bits per heavy atom. The van der Waals surface area contributed by atoms with Crippen LogP contribution in [0.2, 0.25) is 5.02 Å². The summed E-state index contributed by atoms with van der Waals surface area (Å²) in [5, 5.41) is 9.30. The first-order valence-corrected chi connectivity index (χ1v) is 7.95. The molecule has 1 rings (SSSR count).